The molecule has 1 aliphatic heterocycles. The van der Waals surface area contributed by atoms with Gasteiger partial charge in [-0.3, -0.25) is 9.48 Å². The van der Waals surface area contributed by atoms with Crippen LogP contribution in [0.5, 0.6) is 0 Å². The van der Waals surface area contributed by atoms with Crippen molar-refractivity contribution < 1.29 is 9.53 Å². The number of nitrogens with one attached hydrogen (secondary N) is 1. The Hall–Kier alpha value is -2.63. The molecular weight excluding hydrogens is 362 g/mol. The second kappa shape index (κ2) is 7.55. The molecule has 0 fully saturated rings. The van der Waals surface area contributed by atoms with E-state index in [1.165, 1.54) is 5.56 Å². The van der Waals surface area contributed by atoms with Crippen LogP contribution >= 0.6 is 11.6 Å². The van der Waals surface area contributed by atoms with Gasteiger partial charge in [0.25, 0.3) is 5.91 Å². The van der Waals surface area contributed by atoms with Gasteiger partial charge >= 0.3 is 0 Å². The van der Waals surface area contributed by atoms with E-state index in [1.807, 2.05) is 53.2 Å². The van der Waals surface area contributed by atoms with Gasteiger partial charge in [0.2, 0.25) is 0 Å². The molecule has 1 N–H and O–H groups in total. The number of amides is 1. The summed E-state index contributed by atoms with van der Waals surface area (Å²) in [4.78, 5) is 12.5. The van der Waals surface area contributed by atoms with Gasteiger partial charge in [-0.2, -0.15) is 5.10 Å². The highest BCUT2D eigenvalue weighted by Gasteiger charge is 2.24. The van der Waals surface area contributed by atoms with E-state index in [-0.39, 0.29) is 12.0 Å². The number of ether oxygens (including phenoxy) is 1. The lowest BCUT2D eigenvalue weighted by Crippen LogP contribution is -2.22. The summed E-state index contributed by atoms with van der Waals surface area (Å²) in [7, 11) is 0. The van der Waals surface area contributed by atoms with Gasteiger partial charge in [-0.05, 0) is 47.9 Å². The van der Waals surface area contributed by atoms with E-state index in [9.17, 15) is 4.79 Å². The molecule has 6 heteroatoms. The minimum Gasteiger partial charge on any atom is -0.365 e. The van der Waals surface area contributed by atoms with Gasteiger partial charge in [0.1, 0.15) is 6.10 Å². The highest BCUT2D eigenvalue weighted by Crippen LogP contribution is 2.27. The Labute approximate surface area is 162 Å². The highest BCUT2D eigenvalue weighted by atomic mass is 35.5. The molecule has 0 spiro atoms. The van der Waals surface area contributed by atoms with E-state index < -0.39 is 0 Å². The summed E-state index contributed by atoms with van der Waals surface area (Å²) in [6.45, 7) is 3.08. The molecule has 4 rings (SSSR count). The lowest BCUT2D eigenvalue weighted by atomic mass is 10.1. The summed E-state index contributed by atoms with van der Waals surface area (Å²) < 4.78 is 7.78. The molecule has 2 aromatic carbocycles. The Morgan fingerprint density at radius 3 is 2.67 bits per heavy atom. The predicted molar refractivity (Wildman–Crippen MR) is 105 cm³/mol. The smallest absolute Gasteiger partial charge is 0.276 e. The fraction of sp³-hybridized carbons (Fsp3) is 0.238. The Bertz CT molecular complexity index is 949. The molecule has 0 saturated carbocycles. The summed E-state index contributed by atoms with van der Waals surface area (Å²) in [6.07, 6.45) is 0.865. The number of nitrogens with zero attached hydrogens (tertiary/aromatic N) is 2. The third-order valence-corrected chi connectivity index (χ3v) is 4.98. The van der Waals surface area contributed by atoms with Crippen LogP contribution in [0.1, 0.15) is 40.3 Å². The molecule has 27 heavy (non-hydrogen) atoms. The number of halogens is 1. The van der Waals surface area contributed by atoms with Crippen LogP contribution in [0.2, 0.25) is 5.02 Å². The van der Waals surface area contributed by atoms with Gasteiger partial charge in [0.05, 0.1) is 18.8 Å². The molecule has 0 radical (unpaired) electrons. The number of aromatic nitrogens is 2. The fourth-order valence-electron chi connectivity index (χ4n) is 3.13. The number of anilines is 1. The van der Waals surface area contributed by atoms with E-state index in [4.69, 9.17) is 16.3 Å². The number of hydrogen-bond donors (Lipinski definition) is 1. The average molecular weight is 382 g/mol. The van der Waals surface area contributed by atoms with Gasteiger partial charge in [0, 0.05) is 10.7 Å². The second-order valence-electron chi connectivity index (χ2n) is 6.56. The lowest BCUT2D eigenvalue weighted by molar-refractivity contribution is -0.00118. The van der Waals surface area contributed by atoms with Crippen LogP contribution < -0.4 is 5.32 Å². The van der Waals surface area contributed by atoms with Gasteiger partial charge in [-0.15, -0.1) is 0 Å². The van der Waals surface area contributed by atoms with Crippen LogP contribution in [0, 0.1) is 0 Å². The van der Waals surface area contributed by atoms with Crippen molar-refractivity contribution in [3.05, 3.63) is 82.1 Å². The zero-order chi connectivity index (χ0) is 18.8. The normalized spacial score (nSPS) is 16.0. The van der Waals surface area contributed by atoms with Crippen molar-refractivity contribution in [2.24, 2.45) is 0 Å². The molecule has 0 saturated heterocycles. The summed E-state index contributed by atoms with van der Waals surface area (Å²) in [5.41, 5.74) is 4.33. The van der Waals surface area contributed by atoms with E-state index in [1.54, 1.807) is 6.07 Å². The first-order chi connectivity index (χ1) is 13.1. The van der Waals surface area contributed by atoms with Crippen molar-refractivity contribution >= 4 is 23.2 Å². The van der Waals surface area contributed by atoms with Crippen molar-refractivity contribution in [1.82, 2.24) is 9.78 Å². The van der Waals surface area contributed by atoms with Gasteiger partial charge in [-0.1, -0.05) is 42.8 Å². The largest absolute Gasteiger partial charge is 0.365 e. The Morgan fingerprint density at radius 1 is 1.22 bits per heavy atom. The summed E-state index contributed by atoms with van der Waals surface area (Å²) in [5, 5.41) is 8.06. The minimum absolute atomic E-state index is 0.104. The number of carbonyl (C=O) groups excluding carboxylic acids is 1. The Balaban J connectivity index is 1.47. The quantitative estimate of drug-likeness (QED) is 0.717. The summed E-state index contributed by atoms with van der Waals surface area (Å²) >= 11 is 5.95. The molecule has 0 aliphatic carbocycles. The molecule has 3 aromatic rings. The maximum absolute atomic E-state index is 12.5. The van der Waals surface area contributed by atoms with E-state index >= 15 is 0 Å². The van der Waals surface area contributed by atoms with E-state index in [0.29, 0.717) is 23.9 Å². The zero-order valence-electron chi connectivity index (χ0n) is 15.0. The van der Waals surface area contributed by atoms with E-state index in [0.717, 1.165) is 23.4 Å². The van der Waals surface area contributed by atoms with Gasteiger partial charge in [-0.25, -0.2) is 0 Å². The number of rotatable bonds is 4. The van der Waals surface area contributed by atoms with Crippen LogP contribution in [0.25, 0.3) is 0 Å². The second-order valence-corrected chi connectivity index (χ2v) is 7.00. The minimum atomic E-state index is -0.218. The molecule has 2 heterocycles. The monoisotopic (exact) mass is 381 g/mol. The van der Waals surface area contributed by atoms with Crippen molar-refractivity contribution in [2.75, 3.05) is 5.32 Å². The molecule has 0 unspecified atom stereocenters. The number of aryl methyl sites for hydroxylation is 1. The Morgan fingerprint density at radius 2 is 1.96 bits per heavy atom. The third-order valence-electron chi connectivity index (χ3n) is 4.73. The van der Waals surface area contributed by atoms with Gasteiger partial charge in [0.15, 0.2) is 5.69 Å². The molecular formula is C21H20ClN3O2. The zero-order valence-corrected chi connectivity index (χ0v) is 15.7. The molecule has 1 aliphatic rings. The molecule has 0 bridgehead atoms. The van der Waals surface area contributed by atoms with Crippen molar-refractivity contribution in [2.45, 2.75) is 32.6 Å². The number of hydrogen-bond acceptors (Lipinski definition) is 3. The van der Waals surface area contributed by atoms with Crippen LogP contribution in [0.4, 0.5) is 5.69 Å². The summed E-state index contributed by atoms with van der Waals surface area (Å²) in [6, 6.07) is 17.2. The van der Waals surface area contributed by atoms with E-state index in [2.05, 4.69) is 17.3 Å². The van der Waals surface area contributed by atoms with Crippen molar-refractivity contribution in [3.63, 3.8) is 0 Å². The molecule has 5 nitrogen and oxygen atoms in total. The highest BCUT2D eigenvalue weighted by molar-refractivity contribution is 6.30. The third kappa shape index (κ3) is 3.89. The molecule has 1 atom stereocenters. The van der Waals surface area contributed by atoms with Crippen molar-refractivity contribution in [3.8, 4) is 0 Å². The maximum atomic E-state index is 12.5. The molecule has 138 valence electrons. The van der Waals surface area contributed by atoms with Crippen LogP contribution in [0.3, 0.4) is 0 Å². The van der Waals surface area contributed by atoms with Crippen LogP contribution in [-0.4, -0.2) is 15.7 Å². The number of carbonyl (C=O) groups is 1. The van der Waals surface area contributed by atoms with Crippen molar-refractivity contribution in [1.29, 1.82) is 0 Å². The van der Waals surface area contributed by atoms with Crippen LogP contribution in [0.15, 0.2) is 54.6 Å². The average Bonchev–Trinajstić information content (AvgIpc) is 3.13. The standard InChI is InChI=1S/C21H20ClN3O2/c1-2-14-3-9-17(10-4-14)23-21(26)19-11-18-13-27-20(12-25(18)24-19)15-5-7-16(22)8-6-15/h3-11,20H,2,12-13H2,1H3,(H,23,26)/t20-/m0/s1. The first kappa shape index (κ1) is 17.8. The van der Waals surface area contributed by atoms with Gasteiger partial charge < -0.3 is 10.1 Å². The first-order valence-corrected chi connectivity index (χ1v) is 9.34. The Kier molecular flexibility index (Phi) is 4.97. The number of fused-ring (bicyclic) bond motifs is 1. The SMILES string of the molecule is CCc1ccc(NC(=O)c2cc3n(n2)C[C@@H](c2ccc(Cl)cc2)OC3)cc1. The first-order valence-electron chi connectivity index (χ1n) is 8.96. The summed E-state index contributed by atoms with van der Waals surface area (Å²) in [5.74, 6) is -0.218. The maximum Gasteiger partial charge on any atom is 0.276 e. The van der Waals surface area contributed by atoms with Crippen LogP contribution in [-0.2, 0) is 24.3 Å². The molecule has 1 amide bonds. The predicted octanol–water partition coefficient (Wildman–Crippen LogP) is 4.62. The fourth-order valence-corrected chi connectivity index (χ4v) is 3.26. The topological polar surface area (TPSA) is 56.2 Å². The number of benzene rings is 2. The molecule has 1 aromatic heterocycles. The lowest BCUT2D eigenvalue weighted by Gasteiger charge is -2.24.